The maximum absolute atomic E-state index is 12.6. The molecule has 0 aromatic heterocycles. The number of rotatable bonds is 6. The molecule has 1 aliphatic rings. The van der Waals surface area contributed by atoms with Crippen LogP contribution in [0.25, 0.3) is 0 Å². The van der Waals surface area contributed by atoms with Crippen molar-refractivity contribution in [3.8, 4) is 0 Å². The third-order valence-corrected chi connectivity index (χ3v) is 3.56. The Kier molecular flexibility index (Phi) is 6.14. The average Bonchev–Trinajstić information content (AvgIpc) is 2.85. The lowest BCUT2D eigenvalue weighted by Gasteiger charge is -2.28. The van der Waals surface area contributed by atoms with Crippen molar-refractivity contribution in [2.24, 2.45) is 11.7 Å². The van der Waals surface area contributed by atoms with Gasteiger partial charge in [0.2, 0.25) is 11.8 Å². The van der Waals surface area contributed by atoms with Crippen LogP contribution in [-0.2, 0) is 14.4 Å². The first-order chi connectivity index (χ1) is 9.73. The fourth-order valence-electron chi connectivity index (χ4n) is 2.48. The van der Waals surface area contributed by atoms with Crippen molar-refractivity contribution in [1.82, 2.24) is 10.2 Å². The van der Waals surface area contributed by atoms with Crippen LogP contribution in [0.5, 0.6) is 0 Å². The molecule has 7 heteroatoms. The molecule has 7 nitrogen and oxygen atoms in total. The SMILES string of the molecule is CC(C)CC(NC(=O)C(C)N)C(=O)N1CCCC1C(=O)O. The van der Waals surface area contributed by atoms with Crippen LogP contribution in [-0.4, -0.2) is 52.5 Å². The van der Waals surface area contributed by atoms with Gasteiger partial charge in [-0.15, -0.1) is 0 Å². The second-order valence-electron chi connectivity index (χ2n) is 6.01. The number of carbonyl (C=O) groups is 3. The number of carboxylic acid groups (broad SMARTS) is 1. The summed E-state index contributed by atoms with van der Waals surface area (Å²) >= 11 is 0. The first kappa shape index (κ1) is 17.4. The van der Waals surface area contributed by atoms with Gasteiger partial charge in [0.05, 0.1) is 6.04 Å². The zero-order valence-electron chi connectivity index (χ0n) is 12.8. The summed E-state index contributed by atoms with van der Waals surface area (Å²) in [6, 6.07) is -2.22. The first-order valence-corrected chi connectivity index (χ1v) is 7.33. The highest BCUT2D eigenvalue weighted by atomic mass is 16.4. The van der Waals surface area contributed by atoms with Crippen molar-refractivity contribution in [3.05, 3.63) is 0 Å². The molecule has 0 saturated carbocycles. The largest absolute Gasteiger partial charge is 0.480 e. The summed E-state index contributed by atoms with van der Waals surface area (Å²) in [5.74, 6) is -1.54. The lowest BCUT2D eigenvalue weighted by molar-refractivity contribution is -0.149. The van der Waals surface area contributed by atoms with Gasteiger partial charge in [0.15, 0.2) is 0 Å². The Morgan fingerprint density at radius 1 is 1.33 bits per heavy atom. The number of carboxylic acids is 1. The molecule has 1 fully saturated rings. The maximum atomic E-state index is 12.6. The second kappa shape index (κ2) is 7.40. The van der Waals surface area contributed by atoms with E-state index in [2.05, 4.69) is 5.32 Å². The Morgan fingerprint density at radius 2 is 1.95 bits per heavy atom. The summed E-state index contributed by atoms with van der Waals surface area (Å²) in [7, 11) is 0. The van der Waals surface area contributed by atoms with Gasteiger partial charge in [-0.1, -0.05) is 13.8 Å². The highest BCUT2D eigenvalue weighted by Gasteiger charge is 2.37. The molecule has 0 spiro atoms. The Morgan fingerprint density at radius 3 is 2.43 bits per heavy atom. The van der Waals surface area contributed by atoms with Crippen molar-refractivity contribution in [2.75, 3.05) is 6.54 Å². The van der Waals surface area contributed by atoms with E-state index >= 15 is 0 Å². The van der Waals surface area contributed by atoms with Crippen LogP contribution < -0.4 is 11.1 Å². The maximum Gasteiger partial charge on any atom is 0.326 e. The zero-order chi connectivity index (χ0) is 16.2. The number of amides is 2. The minimum absolute atomic E-state index is 0.193. The average molecular weight is 299 g/mol. The van der Waals surface area contributed by atoms with Gasteiger partial charge in [0.1, 0.15) is 12.1 Å². The van der Waals surface area contributed by atoms with Crippen LogP contribution in [0.4, 0.5) is 0 Å². The molecule has 0 bridgehead atoms. The topological polar surface area (TPSA) is 113 Å². The number of carbonyl (C=O) groups excluding carboxylic acids is 2. The van der Waals surface area contributed by atoms with Crippen LogP contribution in [0, 0.1) is 5.92 Å². The van der Waals surface area contributed by atoms with Crippen LogP contribution in [0.3, 0.4) is 0 Å². The fraction of sp³-hybridized carbons (Fsp3) is 0.786. The summed E-state index contributed by atoms with van der Waals surface area (Å²) in [6.07, 6.45) is 1.58. The number of nitrogens with one attached hydrogen (secondary N) is 1. The first-order valence-electron chi connectivity index (χ1n) is 7.33. The number of hydrogen-bond donors (Lipinski definition) is 3. The summed E-state index contributed by atoms with van der Waals surface area (Å²) in [5, 5.41) is 11.8. The Hall–Kier alpha value is -1.63. The van der Waals surface area contributed by atoms with Crippen molar-refractivity contribution in [2.45, 2.75) is 58.2 Å². The Balaban J connectivity index is 2.84. The van der Waals surface area contributed by atoms with Crippen molar-refractivity contribution in [1.29, 1.82) is 0 Å². The number of aliphatic carboxylic acids is 1. The minimum Gasteiger partial charge on any atom is -0.480 e. The predicted octanol–water partition coefficient (Wildman–Crippen LogP) is -0.0599. The number of nitrogens with two attached hydrogens (primary N) is 1. The summed E-state index contributed by atoms with van der Waals surface area (Å²) in [4.78, 5) is 36.9. The van der Waals surface area contributed by atoms with Gasteiger partial charge >= 0.3 is 5.97 Å². The van der Waals surface area contributed by atoms with E-state index in [1.165, 1.54) is 4.90 Å². The molecule has 0 aliphatic carbocycles. The minimum atomic E-state index is -0.998. The van der Waals surface area contributed by atoms with E-state index < -0.39 is 30.0 Å². The predicted molar refractivity (Wildman–Crippen MR) is 77.4 cm³/mol. The highest BCUT2D eigenvalue weighted by Crippen LogP contribution is 2.20. The van der Waals surface area contributed by atoms with E-state index in [0.29, 0.717) is 25.8 Å². The molecule has 21 heavy (non-hydrogen) atoms. The molecule has 1 aliphatic heterocycles. The van der Waals surface area contributed by atoms with Gasteiger partial charge in [0.25, 0.3) is 0 Å². The summed E-state index contributed by atoms with van der Waals surface area (Å²) in [6.45, 7) is 5.84. The van der Waals surface area contributed by atoms with E-state index in [9.17, 15) is 14.4 Å². The number of nitrogens with zero attached hydrogens (tertiary/aromatic N) is 1. The van der Waals surface area contributed by atoms with Crippen LogP contribution in [0.15, 0.2) is 0 Å². The van der Waals surface area contributed by atoms with E-state index in [4.69, 9.17) is 10.8 Å². The van der Waals surface area contributed by atoms with Crippen molar-refractivity contribution < 1.29 is 19.5 Å². The lowest BCUT2D eigenvalue weighted by Crippen LogP contribution is -2.54. The highest BCUT2D eigenvalue weighted by molar-refractivity contribution is 5.92. The molecule has 0 radical (unpaired) electrons. The Labute approximate surface area is 124 Å². The van der Waals surface area contributed by atoms with Gasteiger partial charge in [-0.3, -0.25) is 9.59 Å². The van der Waals surface area contributed by atoms with Crippen molar-refractivity contribution in [3.63, 3.8) is 0 Å². The lowest BCUT2D eigenvalue weighted by atomic mass is 10.0. The zero-order valence-corrected chi connectivity index (χ0v) is 12.8. The fourth-order valence-corrected chi connectivity index (χ4v) is 2.48. The quantitative estimate of drug-likeness (QED) is 0.636. The van der Waals surface area contributed by atoms with Gasteiger partial charge < -0.3 is 21.1 Å². The van der Waals surface area contributed by atoms with Crippen LogP contribution >= 0.6 is 0 Å². The van der Waals surface area contributed by atoms with Gasteiger partial charge in [-0.2, -0.15) is 0 Å². The van der Waals surface area contributed by atoms with Crippen LogP contribution in [0.1, 0.15) is 40.0 Å². The third-order valence-electron chi connectivity index (χ3n) is 3.56. The second-order valence-corrected chi connectivity index (χ2v) is 6.01. The molecular formula is C14H25N3O4. The van der Waals surface area contributed by atoms with E-state index in [0.717, 1.165) is 0 Å². The molecule has 4 N–H and O–H groups in total. The molecule has 1 saturated heterocycles. The number of likely N-dealkylation sites (tertiary alicyclic amines) is 1. The van der Waals surface area contributed by atoms with Gasteiger partial charge in [-0.25, -0.2) is 4.79 Å². The molecule has 3 atom stereocenters. The van der Waals surface area contributed by atoms with Crippen molar-refractivity contribution >= 4 is 17.8 Å². The molecule has 0 aromatic carbocycles. The Bertz CT molecular complexity index is 409. The molecule has 120 valence electrons. The third kappa shape index (κ3) is 4.70. The smallest absolute Gasteiger partial charge is 0.326 e. The van der Waals surface area contributed by atoms with E-state index in [1.54, 1.807) is 6.92 Å². The number of hydrogen-bond acceptors (Lipinski definition) is 4. The standard InChI is InChI=1S/C14H25N3O4/c1-8(2)7-10(16-12(18)9(3)15)13(19)17-6-4-5-11(17)14(20)21/h8-11H,4-7,15H2,1-3H3,(H,16,18)(H,20,21). The molecule has 1 heterocycles. The molecule has 3 unspecified atom stereocenters. The summed E-state index contributed by atoms with van der Waals surface area (Å²) < 4.78 is 0. The van der Waals surface area contributed by atoms with Crippen LogP contribution in [0.2, 0.25) is 0 Å². The van der Waals surface area contributed by atoms with E-state index in [1.807, 2.05) is 13.8 Å². The van der Waals surface area contributed by atoms with Gasteiger partial charge in [0, 0.05) is 6.54 Å². The normalized spacial score (nSPS) is 21.2. The molecular weight excluding hydrogens is 274 g/mol. The van der Waals surface area contributed by atoms with Gasteiger partial charge in [-0.05, 0) is 32.1 Å². The van der Waals surface area contributed by atoms with E-state index in [-0.39, 0.29) is 11.8 Å². The molecule has 2 amide bonds. The monoisotopic (exact) mass is 299 g/mol. The molecule has 0 aromatic rings. The molecule has 1 rings (SSSR count). The summed E-state index contributed by atoms with van der Waals surface area (Å²) in [5.41, 5.74) is 5.51.